The van der Waals surface area contributed by atoms with Crippen molar-refractivity contribution in [3.63, 3.8) is 0 Å². The average Bonchev–Trinajstić information content (AvgIpc) is 3.55. The molecule has 0 aromatic heterocycles. The van der Waals surface area contributed by atoms with E-state index in [2.05, 4.69) is 22.8 Å². The van der Waals surface area contributed by atoms with Crippen molar-refractivity contribution < 1.29 is 33.4 Å². The zero-order valence-corrected chi connectivity index (χ0v) is 25.8. The molecule has 3 aromatic carbocycles. The van der Waals surface area contributed by atoms with Crippen LogP contribution < -0.4 is 10.6 Å². The molecule has 10 heteroatoms. The van der Waals surface area contributed by atoms with E-state index in [-0.39, 0.29) is 44.4 Å². The van der Waals surface area contributed by atoms with Crippen molar-refractivity contribution in [2.24, 2.45) is 0 Å². The first-order valence-corrected chi connectivity index (χ1v) is 15.3. The largest absolute Gasteiger partial charge is 0.449 e. The fourth-order valence-electron chi connectivity index (χ4n) is 6.21. The van der Waals surface area contributed by atoms with Crippen LogP contribution in [0.15, 0.2) is 72.8 Å². The number of rotatable bonds is 9. The summed E-state index contributed by atoms with van der Waals surface area (Å²) in [5.41, 5.74) is 4.07. The molecule has 3 amide bonds. The smallest absolute Gasteiger partial charge is 0.407 e. The van der Waals surface area contributed by atoms with Crippen LogP contribution in [-0.4, -0.2) is 71.6 Å². The minimum Gasteiger partial charge on any atom is -0.449 e. The second-order valence-corrected chi connectivity index (χ2v) is 12.6. The Hall–Kier alpha value is -4.44. The van der Waals surface area contributed by atoms with Gasteiger partial charge in [0, 0.05) is 24.9 Å². The summed E-state index contributed by atoms with van der Waals surface area (Å²) < 4.78 is 25.5. The van der Waals surface area contributed by atoms with Gasteiger partial charge in [-0.1, -0.05) is 66.7 Å². The maximum Gasteiger partial charge on any atom is 0.407 e. The van der Waals surface area contributed by atoms with E-state index in [9.17, 15) is 23.9 Å². The molecule has 3 atom stereocenters. The topological polar surface area (TPSA) is 117 Å². The van der Waals surface area contributed by atoms with E-state index in [1.165, 1.54) is 11.0 Å². The molecule has 9 nitrogen and oxygen atoms in total. The molecule has 1 aliphatic heterocycles. The van der Waals surface area contributed by atoms with Gasteiger partial charge < -0.3 is 30.1 Å². The number of likely N-dealkylation sites (tertiary alicyclic amines) is 1. The number of aliphatic hydroxyl groups is 1. The van der Waals surface area contributed by atoms with E-state index in [0.717, 1.165) is 22.3 Å². The summed E-state index contributed by atoms with van der Waals surface area (Å²) in [6.07, 6.45) is -1.06. The maximum atomic E-state index is 14.5. The number of nitrogens with zero attached hydrogens (tertiary/aromatic N) is 1. The fourth-order valence-corrected chi connectivity index (χ4v) is 6.21. The Balaban J connectivity index is 1.20. The molecule has 238 valence electrons. The van der Waals surface area contributed by atoms with E-state index in [0.29, 0.717) is 12.0 Å². The number of halogens is 1. The number of nitrogens with one attached hydrogen (secondary N) is 2. The van der Waals surface area contributed by atoms with Crippen molar-refractivity contribution in [1.29, 1.82) is 0 Å². The molecule has 3 N–H and O–H groups in total. The van der Waals surface area contributed by atoms with E-state index in [1.807, 2.05) is 36.4 Å². The van der Waals surface area contributed by atoms with Gasteiger partial charge in [-0.3, -0.25) is 4.79 Å². The van der Waals surface area contributed by atoms with Crippen LogP contribution in [0.1, 0.15) is 56.2 Å². The van der Waals surface area contributed by atoms with Crippen molar-refractivity contribution in [2.75, 3.05) is 19.8 Å². The molecule has 2 aliphatic rings. The van der Waals surface area contributed by atoms with Crippen molar-refractivity contribution >= 4 is 18.1 Å². The van der Waals surface area contributed by atoms with Gasteiger partial charge in [-0.15, -0.1) is 0 Å². The number of amides is 3. The van der Waals surface area contributed by atoms with Gasteiger partial charge in [0.15, 0.2) is 0 Å². The average molecular weight is 618 g/mol. The first-order valence-electron chi connectivity index (χ1n) is 15.3. The molecule has 0 saturated carbocycles. The highest BCUT2D eigenvalue weighted by molar-refractivity contribution is 5.80. The van der Waals surface area contributed by atoms with Crippen LogP contribution in [0.4, 0.5) is 14.0 Å². The standard InChI is InChI=1S/C35H40FN3O6/c1-35(2,3)45-34(43)37-23(16-22-10-4-9-15-31(22)36)18-32(41)39-19-24(17-25(39)20-40)38-33(42)44-21-30-28-13-7-5-11-26(28)27-12-6-8-14-29(27)30/h4-15,23-25,30,40H,16-21H2,1-3H3,(H,37,43)(H,38,42)/t23-,24-,25?/m1/s1. The van der Waals surface area contributed by atoms with Crippen LogP contribution in [0.2, 0.25) is 0 Å². The highest BCUT2D eigenvalue weighted by Gasteiger charge is 2.37. The van der Waals surface area contributed by atoms with Crippen molar-refractivity contribution in [3.8, 4) is 11.1 Å². The summed E-state index contributed by atoms with van der Waals surface area (Å²) in [6.45, 7) is 5.20. The molecular formula is C35H40FN3O6. The minimum absolute atomic E-state index is 0.0662. The normalized spacial score (nSPS) is 18.1. The number of carbonyl (C=O) groups is 3. The molecule has 0 spiro atoms. The Morgan fingerprint density at radius 3 is 2.20 bits per heavy atom. The van der Waals surface area contributed by atoms with Gasteiger partial charge in [-0.05, 0) is 67.5 Å². The highest BCUT2D eigenvalue weighted by atomic mass is 19.1. The predicted molar refractivity (Wildman–Crippen MR) is 167 cm³/mol. The minimum atomic E-state index is -0.766. The van der Waals surface area contributed by atoms with E-state index in [1.54, 1.807) is 39.0 Å². The summed E-state index contributed by atoms with van der Waals surface area (Å²) in [7, 11) is 0. The number of hydrogen-bond donors (Lipinski definition) is 3. The van der Waals surface area contributed by atoms with Gasteiger partial charge in [0.1, 0.15) is 18.0 Å². The number of fused-ring (bicyclic) bond motifs is 3. The van der Waals surface area contributed by atoms with Gasteiger partial charge in [0.05, 0.1) is 18.7 Å². The molecule has 1 aliphatic carbocycles. The Kier molecular flexibility index (Phi) is 9.72. The van der Waals surface area contributed by atoms with Crippen LogP contribution in [-0.2, 0) is 20.7 Å². The second kappa shape index (κ2) is 13.7. The molecule has 0 bridgehead atoms. The molecule has 1 fully saturated rings. The lowest BCUT2D eigenvalue weighted by Crippen LogP contribution is -2.46. The Morgan fingerprint density at radius 1 is 0.956 bits per heavy atom. The Bertz CT molecular complexity index is 1490. The molecule has 1 heterocycles. The lowest BCUT2D eigenvalue weighted by molar-refractivity contribution is -0.133. The summed E-state index contributed by atoms with van der Waals surface area (Å²) in [4.78, 5) is 40.5. The van der Waals surface area contributed by atoms with Crippen LogP contribution in [0.25, 0.3) is 11.1 Å². The van der Waals surface area contributed by atoms with Crippen LogP contribution in [0.5, 0.6) is 0 Å². The number of aliphatic hydroxyl groups excluding tert-OH is 1. The molecule has 1 saturated heterocycles. The van der Waals surface area contributed by atoms with Gasteiger partial charge in [-0.25, -0.2) is 14.0 Å². The predicted octanol–water partition coefficient (Wildman–Crippen LogP) is 5.15. The summed E-state index contributed by atoms with van der Waals surface area (Å²) in [5.74, 6) is -0.871. The second-order valence-electron chi connectivity index (χ2n) is 12.6. The van der Waals surface area contributed by atoms with Crippen molar-refractivity contribution in [1.82, 2.24) is 15.5 Å². The quantitative estimate of drug-likeness (QED) is 0.306. The zero-order valence-electron chi connectivity index (χ0n) is 25.8. The first-order chi connectivity index (χ1) is 21.5. The van der Waals surface area contributed by atoms with Crippen LogP contribution in [0, 0.1) is 5.82 Å². The highest BCUT2D eigenvalue weighted by Crippen LogP contribution is 2.44. The van der Waals surface area contributed by atoms with E-state index < -0.39 is 41.7 Å². The molecule has 0 radical (unpaired) electrons. The Morgan fingerprint density at radius 2 is 1.58 bits per heavy atom. The number of benzene rings is 3. The number of carbonyl (C=O) groups excluding carboxylic acids is 3. The first kappa shape index (κ1) is 32.0. The monoisotopic (exact) mass is 617 g/mol. The third-order valence-electron chi connectivity index (χ3n) is 8.18. The molecule has 3 aromatic rings. The van der Waals surface area contributed by atoms with E-state index >= 15 is 0 Å². The van der Waals surface area contributed by atoms with Gasteiger partial charge in [0.2, 0.25) is 5.91 Å². The molecule has 45 heavy (non-hydrogen) atoms. The maximum absolute atomic E-state index is 14.5. The van der Waals surface area contributed by atoms with Crippen molar-refractivity contribution in [2.45, 2.75) is 69.7 Å². The lowest BCUT2D eigenvalue weighted by atomic mass is 9.98. The Labute approximate surface area is 262 Å². The molecular weight excluding hydrogens is 577 g/mol. The SMILES string of the molecule is CC(C)(C)OC(=O)N[C@@H](CC(=O)N1C[C@H](NC(=O)OCC2c3ccccc3-c3ccccc32)CC1CO)Cc1ccccc1F. The third kappa shape index (κ3) is 7.81. The number of ether oxygens (including phenoxy) is 2. The van der Waals surface area contributed by atoms with Gasteiger partial charge >= 0.3 is 12.2 Å². The summed E-state index contributed by atoms with van der Waals surface area (Å²) in [5, 5.41) is 15.6. The third-order valence-corrected chi connectivity index (χ3v) is 8.18. The van der Waals surface area contributed by atoms with Crippen LogP contribution >= 0.6 is 0 Å². The molecule has 1 unspecified atom stereocenters. The fraction of sp³-hybridized carbons (Fsp3) is 0.400. The molecule has 5 rings (SSSR count). The zero-order chi connectivity index (χ0) is 32.1. The van der Waals surface area contributed by atoms with Gasteiger partial charge in [-0.2, -0.15) is 0 Å². The van der Waals surface area contributed by atoms with E-state index in [4.69, 9.17) is 9.47 Å². The summed E-state index contributed by atoms with van der Waals surface area (Å²) in [6, 6.07) is 20.6. The van der Waals surface area contributed by atoms with Gasteiger partial charge in [0.25, 0.3) is 0 Å². The van der Waals surface area contributed by atoms with Crippen molar-refractivity contribution in [3.05, 3.63) is 95.3 Å². The summed E-state index contributed by atoms with van der Waals surface area (Å²) >= 11 is 0. The number of alkyl carbamates (subject to hydrolysis) is 2. The lowest BCUT2D eigenvalue weighted by Gasteiger charge is -2.27. The number of hydrogen-bond acceptors (Lipinski definition) is 6. The van der Waals surface area contributed by atoms with Crippen LogP contribution in [0.3, 0.4) is 0 Å².